The molecule has 1 heterocycles. The average Bonchev–Trinajstić information content (AvgIpc) is 2.40. The Morgan fingerprint density at radius 1 is 1.32 bits per heavy atom. The molecule has 0 spiro atoms. The van der Waals surface area contributed by atoms with Crippen molar-refractivity contribution in [2.45, 2.75) is 25.8 Å². The van der Waals surface area contributed by atoms with E-state index in [2.05, 4.69) is 26.1 Å². The quantitative estimate of drug-likeness (QED) is 0.909. The highest BCUT2D eigenvalue weighted by atomic mass is 79.9. The lowest BCUT2D eigenvalue weighted by atomic mass is 9.97. The van der Waals surface area contributed by atoms with Crippen molar-refractivity contribution in [3.8, 4) is 0 Å². The molecule has 1 saturated heterocycles. The molecular formula is C14H19BrF2N2. The lowest BCUT2D eigenvalue weighted by molar-refractivity contribution is 0.0737. The minimum atomic E-state index is -2.28. The molecule has 0 aromatic heterocycles. The van der Waals surface area contributed by atoms with E-state index in [0.29, 0.717) is 0 Å². The third-order valence-corrected chi connectivity index (χ3v) is 4.09. The van der Waals surface area contributed by atoms with Crippen molar-refractivity contribution in [1.82, 2.24) is 10.2 Å². The monoisotopic (exact) mass is 332 g/mol. The molecule has 1 atom stereocenters. The van der Waals surface area contributed by atoms with Gasteiger partial charge in [0, 0.05) is 43.1 Å². The Labute approximate surface area is 121 Å². The second-order valence-electron chi connectivity index (χ2n) is 4.93. The molecule has 0 unspecified atom stereocenters. The van der Waals surface area contributed by atoms with E-state index in [1.165, 1.54) is 0 Å². The SMILES string of the molecule is Cc1ccc(Br)cc1[C@H](CC(F)F)N1CCNCC1. The van der Waals surface area contributed by atoms with Gasteiger partial charge >= 0.3 is 0 Å². The summed E-state index contributed by atoms with van der Waals surface area (Å²) in [7, 11) is 0. The number of nitrogens with zero attached hydrogens (tertiary/aromatic N) is 1. The van der Waals surface area contributed by atoms with Crippen molar-refractivity contribution in [3.63, 3.8) is 0 Å². The molecule has 0 radical (unpaired) electrons. The minimum Gasteiger partial charge on any atom is -0.314 e. The Bertz CT molecular complexity index is 420. The first-order chi connectivity index (χ1) is 9.08. The third-order valence-electron chi connectivity index (χ3n) is 3.59. The minimum absolute atomic E-state index is 0.0999. The molecule has 2 rings (SSSR count). The molecule has 19 heavy (non-hydrogen) atoms. The second-order valence-corrected chi connectivity index (χ2v) is 5.85. The number of benzene rings is 1. The zero-order chi connectivity index (χ0) is 13.8. The van der Waals surface area contributed by atoms with Gasteiger partial charge in [-0.3, -0.25) is 4.90 Å². The largest absolute Gasteiger partial charge is 0.314 e. The van der Waals surface area contributed by atoms with Crippen molar-refractivity contribution in [2.75, 3.05) is 26.2 Å². The fourth-order valence-electron chi connectivity index (χ4n) is 2.61. The van der Waals surface area contributed by atoms with Gasteiger partial charge in [-0.25, -0.2) is 8.78 Å². The van der Waals surface area contributed by atoms with E-state index >= 15 is 0 Å². The maximum atomic E-state index is 12.9. The summed E-state index contributed by atoms with van der Waals surface area (Å²) in [4.78, 5) is 2.16. The van der Waals surface area contributed by atoms with Crippen LogP contribution in [0.15, 0.2) is 22.7 Å². The molecule has 1 aromatic rings. The van der Waals surface area contributed by atoms with Gasteiger partial charge in [0.2, 0.25) is 6.43 Å². The van der Waals surface area contributed by atoms with Gasteiger partial charge in [-0.15, -0.1) is 0 Å². The number of alkyl halides is 2. The van der Waals surface area contributed by atoms with Crippen LogP contribution in [-0.4, -0.2) is 37.5 Å². The standard InChI is InChI=1S/C14H19BrF2N2/c1-10-2-3-11(15)8-12(10)13(9-14(16)17)19-6-4-18-5-7-19/h2-3,8,13-14,18H,4-7,9H2,1H3/t13-/m0/s1. The van der Waals surface area contributed by atoms with E-state index in [-0.39, 0.29) is 12.5 Å². The molecule has 0 bridgehead atoms. The number of piperazine rings is 1. The Kier molecular flexibility index (Phi) is 5.30. The molecule has 0 aliphatic carbocycles. The summed E-state index contributed by atoms with van der Waals surface area (Å²) in [6, 6.07) is 5.72. The van der Waals surface area contributed by atoms with Gasteiger partial charge in [0.1, 0.15) is 0 Å². The van der Waals surface area contributed by atoms with Crippen molar-refractivity contribution in [1.29, 1.82) is 0 Å². The first-order valence-electron chi connectivity index (χ1n) is 6.57. The Morgan fingerprint density at radius 3 is 2.63 bits per heavy atom. The van der Waals surface area contributed by atoms with Gasteiger partial charge in [0.15, 0.2) is 0 Å². The normalized spacial score (nSPS) is 18.8. The van der Waals surface area contributed by atoms with E-state index in [0.717, 1.165) is 41.8 Å². The summed E-state index contributed by atoms with van der Waals surface area (Å²) in [6.07, 6.45) is -2.38. The summed E-state index contributed by atoms with van der Waals surface area (Å²) < 4.78 is 26.8. The van der Waals surface area contributed by atoms with E-state index in [1.54, 1.807) is 0 Å². The highest BCUT2D eigenvalue weighted by Crippen LogP contribution is 2.31. The molecular weight excluding hydrogens is 314 g/mol. The maximum absolute atomic E-state index is 12.9. The van der Waals surface area contributed by atoms with Crippen LogP contribution in [0.25, 0.3) is 0 Å². The lowest BCUT2D eigenvalue weighted by Crippen LogP contribution is -2.45. The van der Waals surface area contributed by atoms with Gasteiger partial charge < -0.3 is 5.32 Å². The molecule has 5 heteroatoms. The fourth-order valence-corrected chi connectivity index (χ4v) is 2.98. The third kappa shape index (κ3) is 3.97. The highest BCUT2D eigenvalue weighted by Gasteiger charge is 2.26. The van der Waals surface area contributed by atoms with Crippen molar-refractivity contribution in [3.05, 3.63) is 33.8 Å². The number of rotatable bonds is 4. The Hall–Kier alpha value is -0.520. The number of nitrogens with one attached hydrogen (secondary N) is 1. The zero-order valence-corrected chi connectivity index (χ0v) is 12.6. The van der Waals surface area contributed by atoms with E-state index in [4.69, 9.17) is 0 Å². The van der Waals surface area contributed by atoms with E-state index < -0.39 is 6.43 Å². The van der Waals surface area contributed by atoms with Crippen LogP contribution in [-0.2, 0) is 0 Å². The summed E-state index contributed by atoms with van der Waals surface area (Å²) >= 11 is 3.44. The zero-order valence-electron chi connectivity index (χ0n) is 11.0. The van der Waals surface area contributed by atoms with Crippen LogP contribution < -0.4 is 5.32 Å². The maximum Gasteiger partial charge on any atom is 0.240 e. The van der Waals surface area contributed by atoms with Crippen LogP contribution in [0.1, 0.15) is 23.6 Å². The van der Waals surface area contributed by atoms with Gasteiger partial charge in [-0.1, -0.05) is 22.0 Å². The van der Waals surface area contributed by atoms with Gasteiger partial charge in [-0.2, -0.15) is 0 Å². The number of hydrogen-bond donors (Lipinski definition) is 1. The number of halogens is 3. The fraction of sp³-hybridized carbons (Fsp3) is 0.571. The van der Waals surface area contributed by atoms with Crippen molar-refractivity contribution < 1.29 is 8.78 Å². The van der Waals surface area contributed by atoms with Gasteiger partial charge in [0.25, 0.3) is 0 Å². The van der Waals surface area contributed by atoms with Crippen LogP contribution in [0.5, 0.6) is 0 Å². The highest BCUT2D eigenvalue weighted by molar-refractivity contribution is 9.10. The molecule has 1 aliphatic rings. The second kappa shape index (κ2) is 6.77. The van der Waals surface area contributed by atoms with Crippen LogP contribution in [0.3, 0.4) is 0 Å². The van der Waals surface area contributed by atoms with Gasteiger partial charge in [-0.05, 0) is 30.2 Å². The van der Waals surface area contributed by atoms with Crippen LogP contribution >= 0.6 is 15.9 Å². The summed E-state index contributed by atoms with van der Waals surface area (Å²) in [5.74, 6) is 0. The first kappa shape index (κ1) is 14.9. The molecule has 106 valence electrons. The Balaban J connectivity index is 2.27. The lowest BCUT2D eigenvalue weighted by Gasteiger charge is -2.36. The summed E-state index contributed by atoms with van der Waals surface area (Å²) in [5, 5.41) is 3.26. The van der Waals surface area contributed by atoms with Crippen molar-refractivity contribution >= 4 is 15.9 Å². The molecule has 1 N–H and O–H groups in total. The topological polar surface area (TPSA) is 15.3 Å². The molecule has 0 saturated carbocycles. The molecule has 0 amide bonds. The van der Waals surface area contributed by atoms with Crippen molar-refractivity contribution in [2.24, 2.45) is 0 Å². The summed E-state index contributed by atoms with van der Waals surface area (Å²) in [5.41, 5.74) is 2.09. The smallest absolute Gasteiger partial charge is 0.240 e. The molecule has 1 aromatic carbocycles. The number of hydrogen-bond acceptors (Lipinski definition) is 2. The average molecular weight is 333 g/mol. The predicted molar refractivity (Wildman–Crippen MR) is 76.7 cm³/mol. The van der Waals surface area contributed by atoms with E-state index in [1.807, 2.05) is 25.1 Å². The number of aryl methyl sites for hydroxylation is 1. The van der Waals surface area contributed by atoms with Crippen LogP contribution in [0.2, 0.25) is 0 Å². The first-order valence-corrected chi connectivity index (χ1v) is 7.36. The van der Waals surface area contributed by atoms with Gasteiger partial charge in [0.05, 0.1) is 0 Å². The summed E-state index contributed by atoms with van der Waals surface area (Å²) in [6.45, 7) is 5.37. The predicted octanol–water partition coefficient (Wildman–Crippen LogP) is 3.36. The molecule has 2 nitrogen and oxygen atoms in total. The Morgan fingerprint density at radius 2 is 2.00 bits per heavy atom. The van der Waals surface area contributed by atoms with Crippen LogP contribution in [0, 0.1) is 6.92 Å². The van der Waals surface area contributed by atoms with Crippen LogP contribution in [0.4, 0.5) is 8.78 Å². The molecule has 1 fully saturated rings. The molecule has 1 aliphatic heterocycles. The van der Waals surface area contributed by atoms with E-state index in [9.17, 15) is 8.78 Å².